The number of aromatic nitrogens is 8. The van der Waals surface area contributed by atoms with Crippen LogP contribution >= 0.6 is 0 Å². The van der Waals surface area contributed by atoms with Crippen LogP contribution in [0.25, 0.3) is 22.3 Å². The van der Waals surface area contributed by atoms with Crippen LogP contribution in [0.2, 0.25) is 18.1 Å². The van der Waals surface area contributed by atoms with Gasteiger partial charge in [-0.3, -0.25) is 13.9 Å². The molecule has 0 saturated carbocycles. The fourth-order valence-electron chi connectivity index (χ4n) is 8.75. The number of hydrogen-bond donors (Lipinski definition) is 2. The molecule has 3 N–H and O–H groups in total. The van der Waals surface area contributed by atoms with Crippen molar-refractivity contribution in [3.8, 4) is 11.8 Å². The van der Waals surface area contributed by atoms with Crippen molar-refractivity contribution in [2.75, 3.05) is 17.7 Å². The van der Waals surface area contributed by atoms with Crippen LogP contribution in [0, 0.1) is 11.8 Å². The van der Waals surface area contributed by atoms with Crippen LogP contribution in [0.15, 0.2) is 49.3 Å². The second kappa shape index (κ2) is 15.5. The van der Waals surface area contributed by atoms with E-state index in [4.69, 9.17) is 43.6 Å². The summed E-state index contributed by atoms with van der Waals surface area (Å²) in [5.41, 5.74) is 8.28. The maximum Gasteiger partial charge on any atom is 0.256 e. The SMILES string of the molecule is CC[Si](CC)(CC)OC[C@H]1O[C@@H](n2c(C#CC[C@H]3O[C@@H](n4cnc5c(N)ncnc54)[C@@H]4OC(C)(C)O[C@@H]43)nc3c(NC(=O)c4ccccc4)ncnc32)[C@@H]2OC(C)(C)O[C@@H]21. The summed E-state index contributed by atoms with van der Waals surface area (Å²) in [5, 5.41) is 2.92. The summed E-state index contributed by atoms with van der Waals surface area (Å²) in [4.78, 5) is 40.4. The third-order valence-electron chi connectivity index (χ3n) is 11.9. The van der Waals surface area contributed by atoms with Gasteiger partial charge in [0, 0.05) is 12.0 Å². The smallest absolute Gasteiger partial charge is 0.256 e. The molecule has 19 heteroatoms. The number of carbonyl (C=O) groups excluding carboxylic acids is 1. The number of rotatable bonds is 11. The molecule has 4 aliphatic rings. The monoisotopic (exact) mass is 838 g/mol. The van der Waals surface area contributed by atoms with Crippen molar-refractivity contribution in [1.29, 1.82) is 0 Å². The number of hydrogen-bond acceptors (Lipinski definition) is 15. The van der Waals surface area contributed by atoms with Gasteiger partial charge < -0.3 is 43.9 Å². The first-order chi connectivity index (χ1) is 28.8. The molecule has 316 valence electrons. The number of nitrogens with one attached hydrogen (secondary N) is 1. The number of nitrogens with two attached hydrogens (primary N) is 1. The van der Waals surface area contributed by atoms with E-state index in [1.807, 2.05) is 38.3 Å². The highest BCUT2D eigenvalue weighted by Gasteiger charge is 2.58. The zero-order chi connectivity index (χ0) is 42.0. The van der Waals surface area contributed by atoms with Crippen molar-refractivity contribution in [3.63, 3.8) is 0 Å². The van der Waals surface area contributed by atoms with Crippen LogP contribution in [0.1, 0.15) is 83.5 Å². The Bertz CT molecular complexity index is 2460. The highest BCUT2D eigenvalue weighted by molar-refractivity contribution is 6.73. The average molecular weight is 839 g/mol. The molecule has 9 rings (SSSR count). The Kier molecular flexibility index (Phi) is 10.5. The maximum atomic E-state index is 13.4. The minimum Gasteiger partial charge on any atom is -0.414 e. The van der Waals surface area contributed by atoms with Gasteiger partial charge in [0.25, 0.3) is 5.91 Å². The number of benzene rings is 1. The lowest BCUT2D eigenvalue weighted by Gasteiger charge is -2.31. The normalized spacial score (nSPS) is 27.9. The summed E-state index contributed by atoms with van der Waals surface area (Å²) < 4.78 is 49.7. The van der Waals surface area contributed by atoms with Gasteiger partial charge in [0.2, 0.25) is 0 Å². The molecule has 5 aromatic rings. The standard InChI is InChI=1S/C41H50N10O8Si/c1-8-60(9-2,10-3)53-19-25-30-32(59-41(6,7)57-30)39(55-25)51-26(48-28-34(44-21-46-36(28)51)49-37(52)23-15-12-11-13-16-23)18-14-17-24-29-31(58-40(4,5)56-29)38(54-24)50-22-47-27-33(42)43-20-45-35(27)50/h11-13,15-16,20-22,24-25,29-32,38-39H,8-10,17,19H2,1-7H3,(H2,42,43,45)(H,44,46,49,52)/t24-,25-,29-,30-,31-,32-,38-,39-/m1/s1. The minimum absolute atomic E-state index is 0.221. The van der Waals surface area contributed by atoms with E-state index in [1.165, 1.54) is 12.7 Å². The first kappa shape index (κ1) is 40.5. The topological polar surface area (TPSA) is 207 Å². The Balaban J connectivity index is 1.07. The van der Waals surface area contributed by atoms with Crippen LogP contribution in [0.4, 0.5) is 11.6 Å². The minimum atomic E-state index is -1.97. The molecule has 60 heavy (non-hydrogen) atoms. The maximum absolute atomic E-state index is 13.4. The predicted octanol–water partition coefficient (Wildman–Crippen LogP) is 5.10. The third-order valence-corrected chi connectivity index (χ3v) is 16.5. The molecule has 0 bridgehead atoms. The molecule has 1 aromatic carbocycles. The Morgan fingerprint density at radius 2 is 1.45 bits per heavy atom. The summed E-state index contributed by atoms with van der Waals surface area (Å²) in [5.74, 6) is 5.31. The lowest BCUT2D eigenvalue weighted by molar-refractivity contribution is -0.199. The quantitative estimate of drug-likeness (QED) is 0.131. The molecule has 1 amide bonds. The van der Waals surface area contributed by atoms with E-state index in [9.17, 15) is 4.79 Å². The largest absolute Gasteiger partial charge is 0.414 e. The van der Waals surface area contributed by atoms with Gasteiger partial charge in [0.15, 0.2) is 66.6 Å². The number of fused-ring (bicyclic) bond motifs is 4. The molecule has 0 aliphatic carbocycles. The van der Waals surface area contributed by atoms with Gasteiger partial charge in [-0.05, 0) is 63.9 Å². The van der Waals surface area contributed by atoms with Crippen LogP contribution in [-0.2, 0) is 32.8 Å². The number of carbonyl (C=O) groups is 1. The Morgan fingerprint density at radius 1 is 0.817 bits per heavy atom. The molecular formula is C41H50N10O8Si. The number of nitrogens with zero attached hydrogens (tertiary/aromatic N) is 8. The second-order valence-corrected chi connectivity index (χ2v) is 21.2. The first-order valence-electron chi connectivity index (χ1n) is 20.5. The van der Waals surface area contributed by atoms with E-state index in [-0.39, 0.29) is 24.0 Å². The first-order valence-corrected chi connectivity index (χ1v) is 23.0. The van der Waals surface area contributed by atoms with Gasteiger partial charge in [-0.2, -0.15) is 0 Å². The number of amides is 1. The van der Waals surface area contributed by atoms with Gasteiger partial charge in [0.1, 0.15) is 54.8 Å². The van der Waals surface area contributed by atoms with Gasteiger partial charge in [0.05, 0.1) is 12.9 Å². The molecule has 4 aliphatic heterocycles. The molecule has 4 aromatic heterocycles. The van der Waals surface area contributed by atoms with Crippen molar-refractivity contribution in [3.05, 3.63) is 60.7 Å². The average Bonchev–Trinajstić information content (AvgIpc) is 4.08. The summed E-state index contributed by atoms with van der Waals surface area (Å²) >= 11 is 0. The van der Waals surface area contributed by atoms with Gasteiger partial charge in [-0.1, -0.05) is 44.9 Å². The van der Waals surface area contributed by atoms with Crippen molar-refractivity contribution < 1.29 is 37.6 Å². The highest BCUT2D eigenvalue weighted by atomic mass is 28.4. The number of ether oxygens (including phenoxy) is 6. The number of anilines is 2. The van der Waals surface area contributed by atoms with E-state index in [2.05, 4.69) is 62.8 Å². The predicted molar refractivity (Wildman–Crippen MR) is 220 cm³/mol. The Hall–Kier alpha value is -4.91. The fourth-order valence-corrected chi connectivity index (χ4v) is 11.4. The van der Waals surface area contributed by atoms with Crippen molar-refractivity contribution in [1.82, 2.24) is 39.0 Å². The Labute approximate surface area is 348 Å². The highest BCUT2D eigenvalue weighted by Crippen LogP contribution is 2.46. The molecule has 0 radical (unpaired) electrons. The molecule has 8 atom stereocenters. The van der Waals surface area contributed by atoms with E-state index < -0.39 is 69.0 Å². The fraction of sp³-hybridized carbons (Fsp3) is 0.537. The van der Waals surface area contributed by atoms with Crippen molar-refractivity contribution >= 4 is 48.2 Å². The molecule has 4 saturated heterocycles. The van der Waals surface area contributed by atoms with Crippen molar-refractivity contribution in [2.45, 2.75) is 134 Å². The Morgan fingerprint density at radius 3 is 2.17 bits per heavy atom. The van der Waals surface area contributed by atoms with E-state index in [0.717, 1.165) is 18.1 Å². The van der Waals surface area contributed by atoms with Crippen LogP contribution in [-0.4, -0.2) is 108 Å². The zero-order valence-electron chi connectivity index (χ0n) is 34.7. The van der Waals surface area contributed by atoms with E-state index in [0.29, 0.717) is 40.3 Å². The third kappa shape index (κ3) is 7.24. The molecular weight excluding hydrogens is 789 g/mol. The van der Waals surface area contributed by atoms with E-state index in [1.54, 1.807) is 35.2 Å². The number of imidazole rings is 2. The van der Waals surface area contributed by atoms with Gasteiger partial charge in [-0.15, -0.1) is 0 Å². The zero-order valence-corrected chi connectivity index (χ0v) is 35.7. The summed E-state index contributed by atoms with van der Waals surface area (Å²) in [7, 11) is -1.97. The summed E-state index contributed by atoms with van der Waals surface area (Å²) in [6.45, 7) is 14.5. The van der Waals surface area contributed by atoms with Gasteiger partial charge >= 0.3 is 0 Å². The number of nitrogen functional groups attached to an aromatic ring is 1. The lowest BCUT2D eigenvalue weighted by atomic mass is 10.1. The van der Waals surface area contributed by atoms with Gasteiger partial charge in [-0.25, -0.2) is 29.9 Å². The van der Waals surface area contributed by atoms with Crippen LogP contribution < -0.4 is 11.1 Å². The lowest BCUT2D eigenvalue weighted by Crippen LogP contribution is -2.41. The summed E-state index contributed by atoms with van der Waals surface area (Å²) in [6, 6.07) is 11.9. The molecule has 18 nitrogen and oxygen atoms in total. The molecule has 0 unspecified atom stereocenters. The molecule has 8 heterocycles. The van der Waals surface area contributed by atoms with E-state index >= 15 is 0 Å². The van der Waals surface area contributed by atoms with Crippen LogP contribution in [0.3, 0.4) is 0 Å². The molecule has 0 spiro atoms. The molecule has 4 fully saturated rings. The van der Waals surface area contributed by atoms with Crippen molar-refractivity contribution in [2.24, 2.45) is 0 Å². The second-order valence-electron chi connectivity index (χ2n) is 16.4. The van der Waals surface area contributed by atoms with Crippen LogP contribution in [0.5, 0.6) is 0 Å². The summed E-state index contributed by atoms with van der Waals surface area (Å²) in [6.07, 6.45) is 0.346.